The lowest BCUT2D eigenvalue weighted by molar-refractivity contribution is -0.122. The lowest BCUT2D eigenvalue weighted by Gasteiger charge is -2.20. The minimum absolute atomic E-state index is 0.00000548. The smallest absolute Gasteiger partial charge is 0.266 e. The monoisotopic (exact) mass is 423 g/mol. The molecule has 1 fully saturated rings. The molecule has 0 radical (unpaired) electrons. The third-order valence-corrected chi connectivity index (χ3v) is 5.90. The van der Waals surface area contributed by atoms with Gasteiger partial charge in [-0.05, 0) is 87.5 Å². The molecule has 0 bridgehead atoms. The number of ether oxygens (including phenoxy) is 1. The second-order valence-corrected chi connectivity index (χ2v) is 7.75. The maximum absolute atomic E-state index is 12.9. The first-order chi connectivity index (χ1) is 14.6. The molecule has 0 atom stereocenters. The zero-order valence-corrected chi connectivity index (χ0v) is 18.9. The summed E-state index contributed by atoms with van der Waals surface area (Å²) >= 11 is 1.42. The van der Waals surface area contributed by atoms with E-state index in [9.17, 15) is 4.79 Å². The van der Waals surface area contributed by atoms with Gasteiger partial charge in [-0.1, -0.05) is 12.1 Å². The predicted octanol–water partition coefficient (Wildman–Crippen LogP) is 5.56. The topological polar surface area (TPSA) is 45.1 Å². The van der Waals surface area contributed by atoms with Crippen molar-refractivity contribution in [1.82, 2.24) is 4.90 Å². The molecule has 1 saturated heterocycles. The number of benzene rings is 2. The summed E-state index contributed by atoms with van der Waals surface area (Å²) in [6, 6.07) is 15.9. The van der Waals surface area contributed by atoms with Gasteiger partial charge in [0.25, 0.3) is 5.91 Å². The Hall–Kier alpha value is -2.73. The molecule has 0 N–H and O–H groups in total. The molecule has 3 rings (SSSR count). The zero-order chi connectivity index (χ0) is 21.5. The quantitative estimate of drug-likeness (QED) is 0.522. The molecule has 1 amide bonds. The number of hydrogen-bond donors (Lipinski definition) is 0. The largest absolute Gasteiger partial charge is 0.494 e. The van der Waals surface area contributed by atoms with Crippen molar-refractivity contribution >= 4 is 40.3 Å². The zero-order valence-electron chi connectivity index (χ0n) is 18.1. The van der Waals surface area contributed by atoms with E-state index in [1.165, 1.54) is 17.4 Å². The molecule has 0 unspecified atom stereocenters. The number of hydrogen-bond acceptors (Lipinski definition) is 5. The van der Waals surface area contributed by atoms with Crippen LogP contribution in [-0.4, -0.2) is 42.2 Å². The number of carbonyl (C=O) groups excluding carboxylic acids is 1. The Labute approximate surface area is 183 Å². The van der Waals surface area contributed by atoms with Crippen LogP contribution in [0.25, 0.3) is 6.08 Å². The molecule has 1 aliphatic heterocycles. The van der Waals surface area contributed by atoms with Crippen LogP contribution in [0.2, 0.25) is 0 Å². The number of nitrogens with zero attached hydrogens (tertiary/aromatic N) is 3. The molecule has 1 aliphatic rings. The fourth-order valence-electron chi connectivity index (χ4n) is 3.29. The second kappa shape index (κ2) is 10.3. The van der Waals surface area contributed by atoms with E-state index in [0.717, 1.165) is 30.1 Å². The standard InChI is InChI=1S/C24H29N3O2S/c1-5-26(6-2)20-13-9-18(10-14-20)17-22-23(28)27(7-3)24(30-22)25-19-11-15-21(16-12-19)29-8-4/h9-17H,5-8H2,1-4H3/b22-17-,25-24?. The normalized spacial score (nSPS) is 16.5. The van der Waals surface area contributed by atoms with Gasteiger partial charge in [0.15, 0.2) is 5.17 Å². The van der Waals surface area contributed by atoms with Crippen LogP contribution in [0, 0.1) is 0 Å². The van der Waals surface area contributed by atoms with Crippen molar-refractivity contribution in [3.8, 4) is 5.75 Å². The van der Waals surface area contributed by atoms with Gasteiger partial charge in [0.2, 0.25) is 0 Å². The number of likely N-dealkylation sites (N-methyl/N-ethyl adjacent to an activating group) is 1. The van der Waals surface area contributed by atoms with Crippen LogP contribution in [0.5, 0.6) is 5.75 Å². The molecule has 6 heteroatoms. The Morgan fingerprint density at radius 3 is 2.23 bits per heavy atom. The van der Waals surface area contributed by atoms with Crippen LogP contribution in [0.15, 0.2) is 58.4 Å². The first-order valence-electron chi connectivity index (χ1n) is 10.5. The summed E-state index contributed by atoms with van der Waals surface area (Å²) in [6.07, 6.45) is 1.95. The number of rotatable bonds is 8. The highest BCUT2D eigenvalue weighted by atomic mass is 32.2. The Morgan fingerprint density at radius 2 is 1.67 bits per heavy atom. The lowest BCUT2D eigenvalue weighted by Crippen LogP contribution is -2.28. The highest BCUT2D eigenvalue weighted by molar-refractivity contribution is 8.18. The van der Waals surface area contributed by atoms with Gasteiger partial charge in [-0.3, -0.25) is 9.69 Å². The number of amidine groups is 1. The highest BCUT2D eigenvalue weighted by Crippen LogP contribution is 2.34. The first-order valence-corrected chi connectivity index (χ1v) is 11.3. The van der Waals surface area contributed by atoms with Gasteiger partial charge in [0.1, 0.15) is 5.75 Å². The van der Waals surface area contributed by atoms with Crippen molar-refractivity contribution in [1.29, 1.82) is 0 Å². The molecule has 5 nitrogen and oxygen atoms in total. The van der Waals surface area contributed by atoms with E-state index in [1.807, 2.05) is 44.2 Å². The van der Waals surface area contributed by atoms with Gasteiger partial charge < -0.3 is 9.64 Å². The molecule has 0 aliphatic carbocycles. The van der Waals surface area contributed by atoms with Gasteiger partial charge in [-0.15, -0.1) is 0 Å². The summed E-state index contributed by atoms with van der Waals surface area (Å²) in [5.74, 6) is 0.817. The Kier molecular flexibility index (Phi) is 7.57. The average molecular weight is 424 g/mol. The lowest BCUT2D eigenvalue weighted by atomic mass is 10.1. The molecule has 0 aromatic heterocycles. The summed E-state index contributed by atoms with van der Waals surface area (Å²) in [7, 11) is 0. The van der Waals surface area contributed by atoms with Crippen LogP contribution in [0.1, 0.15) is 33.3 Å². The van der Waals surface area contributed by atoms with E-state index >= 15 is 0 Å². The van der Waals surface area contributed by atoms with Gasteiger partial charge in [-0.25, -0.2) is 4.99 Å². The van der Waals surface area contributed by atoms with E-state index in [-0.39, 0.29) is 5.91 Å². The Morgan fingerprint density at radius 1 is 1.00 bits per heavy atom. The molecular formula is C24H29N3O2S. The summed E-state index contributed by atoms with van der Waals surface area (Å²) in [5, 5.41) is 0.706. The fourth-order valence-corrected chi connectivity index (χ4v) is 4.35. The number of anilines is 1. The molecule has 0 saturated carbocycles. The molecule has 1 heterocycles. The first kappa shape index (κ1) is 22.0. The van der Waals surface area contributed by atoms with E-state index < -0.39 is 0 Å². The van der Waals surface area contributed by atoms with Crippen LogP contribution >= 0.6 is 11.8 Å². The summed E-state index contributed by atoms with van der Waals surface area (Å²) < 4.78 is 5.48. The van der Waals surface area contributed by atoms with Crippen LogP contribution in [0.3, 0.4) is 0 Å². The molecule has 30 heavy (non-hydrogen) atoms. The number of aliphatic imine (C=N–C) groups is 1. The van der Waals surface area contributed by atoms with Crippen LogP contribution < -0.4 is 9.64 Å². The second-order valence-electron chi connectivity index (χ2n) is 6.75. The summed E-state index contributed by atoms with van der Waals surface area (Å²) in [6.45, 7) is 11.4. The molecule has 2 aromatic rings. The average Bonchev–Trinajstić information content (AvgIpc) is 3.05. The maximum atomic E-state index is 12.9. The van der Waals surface area contributed by atoms with E-state index in [4.69, 9.17) is 9.73 Å². The van der Waals surface area contributed by atoms with Crippen molar-refractivity contribution < 1.29 is 9.53 Å². The minimum Gasteiger partial charge on any atom is -0.494 e. The third kappa shape index (κ3) is 5.05. The third-order valence-electron chi connectivity index (χ3n) is 4.90. The summed E-state index contributed by atoms with van der Waals surface area (Å²) in [4.78, 5) is 22.3. The predicted molar refractivity (Wildman–Crippen MR) is 128 cm³/mol. The van der Waals surface area contributed by atoms with Gasteiger partial charge >= 0.3 is 0 Å². The van der Waals surface area contributed by atoms with Crippen molar-refractivity contribution in [3.05, 3.63) is 59.0 Å². The number of carbonyl (C=O) groups is 1. The van der Waals surface area contributed by atoms with E-state index in [2.05, 4.69) is 43.0 Å². The molecule has 0 spiro atoms. The van der Waals surface area contributed by atoms with E-state index in [1.54, 1.807) is 4.90 Å². The van der Waals surface area contributed by atoms with Crippen molar-refractivity contribution in [2.75, 3.05) is 31.1 Å². The highest BCUT2D eigenvalue weighted by Gasteiger charge is 2.32. The SMILES string of the molecule is CCOc1ccc(N=C2S/C(=C\c3ccc(N(CC)CC)cc3)C(=O)N2CC)cc1. The Balaban J connectivity index is 1.81. The fraction of sp³-hybridized carbons (Fsp3) is 0.333. The van der Waals surface area contributed by atoms with Gasteiger partial charge in [-0.2, -0.15) is 0 Å². The van der Waals surface area contributed by atoms with Gasteiger partial charge in [0.05, 0.1) is 17.2 Å². The minimum atomic E-state index is 0.00000548. The van der Waals surface area contributed by atoms with Crippen molar-refractivity contribution in [2.45, 2.75) is 27.7 Å². The van der Waals surface area contributed by atoms with Gasteiger partial charge in [0, 0.05) is 25.3 Å². The van der Waals surface area contributed by atoms with Crippen molar-refractivity contribution in [2.24, 2.45) is 4.99 Å². The van der Waals surface area contributed by atoms with Crippen LogP contribution in [-0.2, 0) is 4.79 Å². The Bertz CT molecular complexity index is 916. The van der Waals surface area contributed by atoms with Crippen LogP contribution in [0.4, 0.5) is 11.4 Å². The number of amides is 1. The molecule has 2 aromatic carbocycles. The van der Waals surface area contributed by atoms with Crippen molar-refractivity contribution in [3.63, 3.8) is 0 Å². The maximum Gasteiger partial charge on any atom is 0.266 e. The molecular weight excluding hydrogens is 394 g/mol. The summed E-state index contributed by atoms with van der Waals surface area (Å²) in [5.41, 5.74) is 3.01. The molecule has 158 valence electrons. The van der Waals surface area contributed by atoms with E-state index in [0.29, 0.717) is 23.2 Å². The number of thioether (sulfide) groups is 1.